The third kappa shape index (κ3) is 5.08. The summed E-state index contributed by atoms with van der Waals surface area (Å²) in [4.78, 5) is 14.6. The highest BCUT2D eigenvalue weighted by Gasteiger charge is 2.30. The lowest BCUT2D eigenvalue weighted by molar-refractivity contribution is -0.128. The van der Waals surface area contributed by atoms with E-state index in [0.29, 0.717) is 25.6 Å². The van der Waals surface area contributed by atoms with Crippen molar-refractivity contribution in [2.75, 3.05) is 12.3 Å². The van der Waals surface area contributed by atoms with Crippen LogP contribution in [-0.2, 0) is 17.9 Å². The Morgan fingerprint density at radius 3 is 2.60 bits per heavy atom. The molecule has 1 amide bonds. The molecule has 1 aliphatic carbocycles. The first-order chi connectivity index (χ1) is 14.6. The molecule has 1 aromatic heterocycles. The van der Waals surface area contributed by atoms with E-state index in [1.54, 1.807) is 11.0 Å². The summed E-state index contributed by atoms with van der Waals surface area (Å²) in [5.41, 5.74) is 1.98. The summed E-state index contributed by atoms with van der Waals surface area (Å²) in [5, 5.41) is 9.58. The van der Waals surface area contributed by atoms with Crippen LogP contribution in [0.25, 0.3) is 0 Å². The number of hydrogen-bond donors (Lipinski definition) is 0. The maximum atomic E-state index is 13.5. The summed E-state index contributed by atoms with van der Waals surface area (Å²) in [7, 11) is 0. The van der Waals surface area contributed by atoms with Gasteiger partial charge in [0.15, 0.2) is 5.16 Å². The maximum Gasteiger partial charge on any atom is 0.233 e. The van der Waals surface area contributed by atoms with Crippen LogP contribution in [0.2, 0.25) is 0 Å². The van der Waals surface area contributed by atoms with Gasteiger partial charge in [0.1, 0.15) is 11.6 Å². The second-order valence-electron chi connectivity index (χ2n) is 7.51. The van der Waals surface area contributed by atoms with Crippen molar-refractivity contribution >= 4 is 17.7 Å². The van der Waals surface area contributed by atoms with E-state index in [1.165, 1.54) is 29.5 Å². The van der Waals surface area contributed by atoms with Crippen LogP contribution in [0.3, 0.4) is 0 Å². The van der Waals surface area contributed by atoms with Crippen LogP contribution in [0, 0.1) is 5.82 Å². The van der Waals surface area contributed by atoms with Gasteiger partial charge in [-0.2, -0.15) is 0 Å². The third-order valence-corrected chi connectivity index (χ3v) is 6.14. The Kier molecular flexibility index (Phi) is 6.47. The number of aromatic nitrogens is 3. The van der Waals surface area contributed by atoms with Crippen LogP contribution in [0.4, 0.5) is 4.39 Å². The zero-order valence-electron chi connectivity index (χ0n) is 17.0. The molecule has 0 bridgehead atoms. The highest BCUT2D eigenvalue weighted by atomic mass is 32.2. The summed E-state index contributed by atoms with van der Waals surface area (Å²) in [5.74, 6) is 1.49. The van der Waals surface area contributed by atoms with Crippen molar-refractivity contribution in [2.24, 2.45) is 0 Å². The number of thioether (sulfide) groups is 1. The summed E-state index contributed by atoms with van der Waals surface area (Å²) in [6.45, 7) is 3.61. The van der Waals surface area contributed by atoms with Crippen molar-refractivity contribution in [3.05, 3.63) is 77.4 Å². The Balaban J connectivity index is 1.44. The Morgan fingerprint density at radius 1 is 1.13 bits per heavy atom. The molecule has 1 fully saturated rings. The smallest absolute Gasteiger partial charge is 0.233 e. The van der Waals surface area contributed by atoms with E-state index in [4.69, 9.17) is 0 Å². The monoisotopic (exact) mass is 424 g/mol. The molecule has 0 saturated heterocycles. The second-order valence-corrected chi connectivity index (χ2v) is 8.46. The van der Waals surface area contributed by atoms with E-state index in [0.717, 1.165) is 29.4 Å². The van der Waals surface area contributed by atoms with Crippen LogP contribution < -0.4 is 0 Å². The Hall–Kier alpha value is -2.67. The zero-order chi connectivity index (χ0) is 20.9. The van der Waals surface area contributed by atoms with E-state index in [-0.39, 0.29) is 17.5 Å². The normalized spacial score (nSPS) is 13.4. The summed E-state index contributed by atoms with van der Waals surface area (Å²) < 4.78 is 15.6. The third-order valence-electron chi connectivity index (χ3n) is 5.19. The first-order valence-electron chi connectivity index (χ1n) is 10.3. The molecule has 0 atom stereocenters. The van der Waals surface area contributed by atoms with E-state index in [1.807, 2.05) is 31.2 Å². The maximum absolute atomic E-state index is 13.5. The van der Waals surface area contributed by atoms with Gasteiger partial charge < -0.3 is 9.47 Å². The van der Waals surface area contributed by atoms with Crippen molar-refractivity contribution in [3.63, 3.8) is 0 Å². The van der Waals surface area contributed by atoms with Gasteiger partial charge in [-0.1, -0.05) is 54.2 Å². The molecular weight excluding hydrogens is 399 g/mol. The molecule has 0 radical (unpaired) electrons. The number of rotatable bonds is 9. The standard InChI is InChI=1S/C23H25FN4OS/c1-2-27(14-18-9-6-10-20(24)13-18)21(29)16-30-23-26-25-22(19-11-12-19)28(23)15-17-7-4-3-5-8-17/h3-10,13,19H,2,11-12,14-16H2,1H3. The number of hydrogen-bond acceptors (Lipinski definition) is 4. The van der Waals surface area contributed by atoms with Gasteiger partial charge in [0.2, 0.25) is 5.91 Å². The van der Waals surface area contributed by atoms with Crippen molar-refractivity contribution in [2.45, 2.75) is 43.9 Å². The molecule has 7 heteroatoms. The van der Waals surface area contributed by atoms with E-state index < -0.39 is 0 Å². The first-order valence-corrected chi connectivity index (χ1v) is 11.2. The number of amides is 1. The van der Waals surface area contributed by atoms with Crippen LogP contribution >= 0.6 is 11.8 Å². The van der Waals surface area contributed by atoms with Crippen molar-refractivity contribution in [1.29, 1.82) is 0 Å². The van der Waals surface area contributed by atoms with Crippen LogP contribution in [0.15, 0.2) is 59.8 Å². The van der Waals surface area contributed by atoms with Crippen molar-refractivity contribution in [1.82, 2.24) is 19.7 Å². The molecule has 2 aromatic carbocycles. The zero-order valence-corrected chi connectivity index (χ0v) is 17.8. The van der Waals surface area contributed by atoms with Gasteiger partial charge >= 0.3 is 0 Å². The summed E-state index contributed by atoms with van der Waals surface area (Å²) >= 11 is 1.42. The lowest BCUT2D eigenvalue weighted by Gasteiger charge is -2.21. The molecule has 4 rings (SSSR count). The average Bonchev–Trinajstić information content (AvgIpc) is 3.53. The minimum atomic E-state index is -0.285. The Labute approximate surface area is 180 Å². The Bertz CT molecular complexity index is 1000. The highest BCUT2D eigenvalue weighted by Crippen LogP contribution is 2.40. The van der Waals surface area contributed by atoms with Crippen molar-refractivity contribution in [3.8, 4) is 0 Å². The second kappa shape index (κ2) is 9.43. The quantitative estimate of drug-likeness (QED) is 0.475. The molecule has 0 aliphatic heterocycles. The molecular formula is C23H25FN4OS. The van der Waals surface area contributed by atoms with E-state index in [9.17, 15) is 9.18 Å². The molecule has 1 saturated carbocycles. The first kappa shape index (κ1) is 20.6. The van der Waals surface area contributed by atoms with Gasteiger partial charge in [-0.3, -0.25) is 4.79 Å². The number of benzene rings is 2. The molecule has 0 unspecified atom stereocenters. The summed E-state index contributed by atoms with van der Waals surface area (Å²) in [6, 6.07) is 16.6. The fourth-order valence-electron chi connectivity index (χ4n) is 3.41. The topological polar surface area (TPSA) is 51.0 Å². The largest absolute Gasteiger partial charge is 0.338 e. The molecule has 1 heterocycles. The number of nitrogens with zero attached hydrogens (tertiary/aromatic N) is 4. The molecule has 156 valence electrons. The summed E-state index contributed by atoms with van der Waals surface area (Å²) in [6.07, 6.45) is 2.29. The molecule has 0 spiro atoms. The number of carbonyl (C=O) groups excluding carboxylic acids is 1. The fraction of sp³-hybridized carbons (Fsp3) is 0.348. The van der Waals surface area contributed by atoms with Crippen LogP contribution in [0.5, 0.6) is 0 Å². The highest BCUT2D eigenvalue weighted by molar-refractivity contribution is 7.99. The van der Waals surface area contributed by atoms with Crippen LogP contribution in [-0.4, -0.2) is 37.9 Å². The SMILES string of the molecule is CCN(Cc1cccc(F)c1)C(=O)CSc1nnc(C2CC2)n1Cc1ccccc1. The fourth-order valence-corrected chi connectivity index (χ4v) is 4.26. The molecule has 3 aromatic rings. The molecule has 5 nitrogen and oxygen atoms in total. The molecule has 30 heavy (non-hydrogen) atoms. The minimum Gasteiger partial charge on any atom is -0.338 e. The van der Waals surface area contributed by atoms with Gasteiger partial charge in [0.05, 0.1) is 12.3 Å². The average molecular weight is 425 g/mol. The lowest BCUT2D eigenvalue weighted by atomic mass is 10.2. The molecule has 1 aliphatic rings. The number of halogens is 1. The predicted octanol–water partition coefficient (Wildman–Crippen LogP) is 4.48. The predicted molar refractivity (Wildman–Crippen MR) is 116 cm³/mol. The van der Waals surface area contributed by atoms with E-state index >= 15 is 0 Å². The lowest BCUT2D eigenvalue weighted by Crippen LogP contribution is -2.31. The van der Waals surface area contributed by atoms with E-state index in [2.05, 4.69) is 26.9 Å². The van der Waals surface area contributed by atoms with Gasteiger partial charge in [0.25, 0.3) is 0 Å². The minimum absolute atomic E-state index is 0.00833. The van der Waals surface area contributed by atoms with Crippen LogP contribution in [0.1, 0.15) is 42.6 Å². The molecule has 0 N–H and O–H groups in total. The Morgan fingerprint density at radius 2 is 1.90 bits per heavy atom. The van der Waals surface area contributed by atoms with Gasteiger partial charge in [-0.05, 0) is 43.0 Å². The van der Waals surface area contributed by atoms with Gasteiger partial charge in [-0.15, -0.1) is 10.2 Å². The van der Waals surface area contributed by atoms with Crippen molar-refractivity contribution < 1.29 is 9.18 Å². The number of carbonyl (C=O) groups is 1. The van der Waals surface area contributed by atoms with Gasteiger partial charge in [0, 0.05) is 19.0 Å². The van der Waals surface area contributed by atoms with Gasteiger partial charge in [-0.25, -0.2) is 4.39 Å².